The van der Waals surface area contributed by atoms with Gasteiger partial charge < -0.3 is 10.4 Å². The lowest BCUT2D eigenvalue weighted by Crippen LogP contribution is -2.44. The van der Waals surface area contributed by atoms with Crippen LogP contribution in [0.25, 0.3) is 0 Å². The summed E-state index contributed by atoms with van der Waals surface area (Å²) in [4.78, 5) is 0. The molecular weight excluding hydrogens is 226 g/mol. The zero-order chi connectivity index (χ0) is 11.6. The maximum atomic E-state index is 11.4. The van der Waals surface area contributed by atoms with Gasteiger partial charge in [-0.2, -0.15) is 0 Å². The molecule has 2 N–H and O–H groups in total. The van der Waals surface area contributed by atoms with E-state index in [9.17, 15) is 13.5 Å². The molecule has 5 heteroatoms. The SMILES string of the molecule is O=S1(=O)C[C@@H](O)[C@@H](NC2CCCCCC2)C1. The molecule has 0 unspecified atom stereocenters. The van der Waals surface area contributed by atoms with E-state index >= 15 is 0 Å². The number of hydrogen-bond acceptors (Lipinski definition) is 4. The second kappa shape index (κ2) is 5.02. The van der Waals surface area contributed by atoms with Gasteiger partial charge in [0, 0.05) is 12.1 Å². The molecule has 2 atom stereocenters. The molecule has 0 aromatic heterocycles. The Bertz CT molecular complexity index is 320. The van der Waals surface area contributed by atoms with E-state index in [2.05, 4.69) is 5.32 Å². The zero-order valence-corrected chi connectivity index (χ0v) is 10.4. The highest BCUT2D eigenvalue weighted by Crippen LogP contribution is 2.20. The largest absolute Gasteiger partial charge is 0.390 e. The fourth-order valence-corrected chi connectivity index (χ4v) is 4.49. The van der Waals surface area contributed by atoms with Gasteiger partial charge in [0.15, 0.2) is 9.84 Å². The molecule has 0 aromatic rings. The Balaban J connectivity index is 1.89. The highest BCUT2D eigenvalue weighted by molar-refractivity contribution is 7.91. The van der Waals surface area contributed by atoms with Crippen LogP contribution in [-0.4, -0.2) is 43.2 Å². The van der Waals surface area contributed by atoms with Gasteiger partial charge in [-0.25, -0.2) is 8.42 Å². The summed E-state index contributed by atoms with van der Waals surface area (Å²) < 4.78 is 22.7. The normalized spacial score (nSPS) is 36.1. The molecule has 94 valence electrons. The molecule has 0 spiro atoms. The van der Waals surface area contributed by atoms with Crippen molar-refractivity contribution in [2.75, 3.05) is 11.5 Å². The van der Waals surface area contributed by atoms with Gasteiger partial charge in [0.05, 0.1) is 17.6 Å². The Morgan fingerprint density at radius 3 is 2.12 bits per heavy atom. The van der Waals surface area contributed by atoms with Crippen LogP contribution in [0, 0.1) is 0 Å². The quantitative estimate of drug-likeness (QED) is 0.696. The number of rotatable bonds is 2. The minimum Gasteiger partial charge on any atom is -0.390 e. The van der Waals surface area contributed by atoms with Crippen LogP contribution in [0.3, 0.4) is 0 Å². The molecule has 2 rings (SSSR count). The van der Waals surface area contributed by atoms with Gasteiger partial charge in [0.1, 0.15) is 0 Å². The van der Waals surface area contributed by atoms with E-state index < -0.39 is 15.9 Å². The molecule has 2 aliphatic rings. The first kappa shape index (κ1) is 12.3. The van der Waals surface area contributed by atoms with Crippen LogP contribution in [0.5, 0.6) is 0 Å². The first-order valence-corrected chi connectivity index (χ1v) is 8.03. The van der Waals surface area contributed by atoms with Gasteiger partial charge in [-0.15, -0.1) is 0 Å². The summed E-state index contributed by atoms with van der Waals surface area (Å²) in [5, 5.41) is 13.0. The standard InChI is InChI=1S/C11H21NO3S/c13-11-8-16(14,15)7-10(11)12-9-5-3-1-2-4-6-9/h9-13H,1-8H2/t10-,11+/m0/s1. The lowest BCUT2D eigenvalue weighted by atomic mass is 10.1. The van der Waals surface area contributed by atoms with Crippen LogP contribution in [0.15, 0.2) is 0 Å². The summed E-state index contributed by atoms with van der Waals surface area (Å²) in [6, 6.07) is 0.156. The maximum Gasteiger partial charge on any atom is 0.154 e. The fraction of sp³-hybridized carbons (Fsp3) is 1.00. The molecule has 0 aromatic carbocycles. The van der Waals surface area contributed by atoms with Crippen molar-refractivity contribution in [1.82, 2.24) is 5.32 Å². The van der Waals surface area contributed by atoms with Crippen LogP contribution in [0.1, 0.15) is 38.5 Å². The Hall–Kier alpha value is -0.130. The topological polar surface area (TPSA) is 66.4 Å². The van der Waals surface area contributed by atoms with Crippen molar-refractivity contribution >= 4 is 9.84 Å². The van der Waals surface area contributed by atoms with Crippen LogP contribution in [-0.2, 0) is 9.84 Å². The molecule has 1 aliphatic carbocycles. The van der Waals surface area contributed by atoms with E-state index in [0.29, 0.717) is 6.04 Å². The Kier molecular flexibility index (Phi) is 3.87. The highest BCUT2D eigenvalue weighted by atomic mass is 32.2. The van der Waals surface area contributed by atoms with Crippen molar-refractivity contribution < 1.29 is 13.5 Å². The van der Waals surface area contributed by atoms with E-state index in [4.69, 9.17) is 0 Å². The van der Waals surface area contributed by atoms with E-state index in [0.717, 1.165) is 12.8 Å². The molecule has 16 heavy (non-hydrogen) atoms. The highest BCUT2D eigenvalue weighted by Gasteiger charge is 2.37. The third kappa shape index (κ3) is 3.18. The average Bonchev–Trinajstić information content (AvgIpc) is 2.43. The van der Waals surface area contributed by atoms with Gasteiger partial charge in [0.25, 0.3) is 0 Å². The average molecular weight is 247 g/mol. The summed E-state index contributed by atoms with van der Waals surface area (Å²) in [5.74, 6) is 0.0298. The predicted octanol–water partition coefficient (Wildman–Crippen LogP) is 0.457. The first-order chi connectivity index (χ1) is 7.57. The van der Waals surface area contributed by atoms with Gasteiger partial charge >= 0.3 is 0 Å². The second-order valence-corrected chi connectivity index (χ2v) is 7.26. The zero-order valence-electron chi connectivity index (χ0n) is 9.56. The van der Waals surface area contributed by atoms with Gasteiger partial charge in [-0.3, -0.25) is 0 Å². The maximum absolute atomic E-state index is 11.4. The third-order valence-electron chi connectivity index (χ3n) is 3.63. The summed E-state index contributed by atoms with van der Waals surface area (Å²) >= 11 is 0. The van der Waals surface area contributed by atoms with Crippen molar-refractivity contribution in [1.29, 1.82) is 0 Å². The van der Waals surface area contributed by atoms with Crippen molar-refractivity contribution in [3.8, 4) is 0 Å². The van der Waals surface area contributed by atoms with Crippen LogP contribution in [0.2, 0.25) is 0 Å². The van der Waals surface area contributed by atoms with E-state index in [1.54, 1.807) is 0 Å². The summed E-state index contributed by atoms with van der Waals surface area (Å²) in [7, 11) is -3.02. The molecule has 1 aliphatic heterocycles. The summed E-state index contributed by atoms with van der Waals surface area (Å²) in [6.45, 7) is 0. The Labute approximate surface area is 97.3 Å². The Morgan fingerprint density at radius 2 is 1.62 bits per heavy atom. The van der Waals surface area contributed by atoms with Gasteiger partial charge in [0.2, 0.25) is 0 Å². The molecular formula is C11H21NO3S. The molecule has 1 saturated heterocycles. The molecule has 4 nitrogen and oxygen atoms in total. The number of aliphatic hydroxyl groups excluding tert-OH is 1. The van der Waals surface area contributed by atoms with Crippen molar-refractivity contribution in [2.45, 2.75) is 56.7 Å². The van der Waals surface area contributed by atoms with E-state index in [-0.39, 0.29) is 17.5 Å². The minimum atomic E-state index is -3.02. The molecule has 2 fully saturated rings. The van der Waals surface area contributed by atoms with Crippen LogP contribution in [0.4, 0.5) is 0 Å². The van der Waals surface area contributed by atoms with Crippen LogP contribution >= 0.6 is 0 Å². The van der Waals surface area contributed by atoms with Gasteiger partial charge in [-0.1, -0.05) is 25.7 Å². The van der Waals surface area contributed by atoms with E-state index in [1.807, 2.05) is 0 Å². The minimum absolute atomic E-state index is 0.0720. The fourth-order valence-electron chi connectivity index (χ4n) is 2.74. The lowest BCUT2D eigenvalue weighted by Gasteiger charge is -2.22. The molecule has 0 amide bonds. The third-order valence-corrected chi connectivity index (χ3v) is 5.34. The van der Waals surface area contributed by atoms with Crippen molar-refractivity contribution in [3.63, 3.8) is 0 Å². The lowest BCUT2D eigenvalue weighted by molar-refractivity contribution is 0.157. The molecule has 1 heterocycles. The van der Waals surface area contributed by atoms with Gasteiger partial charge in [-0.05, 0) is 12.8 Å². The molecule has 0 bridgehead atoms. The molecule has 0 radical (unpaired) electrons. The number of aliphatic hydroxyl groups is 1. The summed E-state index contributed by atoms with van der Waals surface area (Å²) in [5.41, 5.74) is 0. The monoisotopic (exact) mass is 247 g/mol. The van der Waals surface area contributed by atoms with E-state index in [1.165, 1.54) is 25.7 Å². The first-order valence-electron chi connectivity index (χ1n) is 6.21. The number of hydrogen-bond donors (Lipinski definition) is 2. The summed E-state index contributed by atoms with van der Waals surface area (Å²) in [6.07, 6.45) is 6.51. The predicted molar refractivity (Wildman–Crippen MR) is 63.1 cm³/mol. The number of nitrogens with one attached hydrogen (secondary N) is 1. The smallest absolute Gasteiger partial charge is 0.154 e. The second-order valence-electron chi connectivity index (χ2n) is 5.11. The van der Waals surface area contributed by atoms with Crippen molar-refractivity contribution in [3.05, 3.63) is 0 Å². The Morgan fingerprint density at radius 1 is 1.00 bits per heavy atom. The number of sulfone groups is 1. The van der Waals surface area contributed by atoms with Crippen molar-refractivity contribution in [2.24, 2.45) is 0 Å². The van der Waals surface area contributed by atoms with Crippen LogP contribution < -0.4 is 5.32 Å². The molecule has 1 saturated carbocycles.